The van der Waals surface area contributed by atoms with Crippen molar-refractivity contribution in [1.29, 1.82) is 0 Å². The van der Waals surface area contributed by atoms with Crippen molar-refractivity contribution >= 4 is 5.91 Å². The fraction of sp³-hybridized carbons (Fsp3) is 0.471. The molecule has 0 saturated carbocycles. The average molecular weight is 287 g/mol. The second-order valence-electron chi connectivity index (χ2n) is 5.57. The number of carbonyl (C=O) groups is 1. The van der Waals surface area contributed by atoms with Crippen LogP contribution < -0.4 is 0 Å². The minimum absolute atomic E-state index is 0.0149. The number of piperidine rings is 1. The summed E-state index contributed by atoms with van der Waals surface area (Å²) in [5.41, 5.74) is 2.28. The number of aliphatic hydroxyl groups excluding tert-OH is 2. The van der Waals surface area contributed by atoms with Crippen LogP contribution in [0.2, 0.25) is 0 Å². The van der Waals surface area contributed by atoms with E-state index < -0.39 is 0 Å². The van der Waals surface area contributed by atoms with Crippen LogP contribution in [0.4, 0.5) is 0 Å². The Morgan fingerprint density at radius 1 is 1.48 bits per heavy atom. The van der Waals surface area contributed by atoms with Crippen LogP contribution in [0.1, 0.15) is 34.8 Å². The summed E-state index contributed by atoms with van der Waals surface area (Å²) >= 11 is 0. The molecule has 2 unspecified atom stereocenters. The minimum Gasteiger partial charge on any atom is -0.393 e. The highest BCUT2D eigenvalue weighted by Gasteiger charge is 2.28. The van der Waals surface area contributed by atoms with Gasteiger partial charge < -0.3 is 15.1 Å². The highest BCUT2D eigenvalue weighted by molar-refractivity contribution is 5.96. The van der Waals surface area contributed by atoms with E-state index in [4.69, 9.17) is 5.11 Å². The predicted molar refractivity (Wildman–Crippen MR) is 80.8 cm³/mol. The molecule has 0 aromatic heterocycles. The van der Waals surface area contributed by atoms with Crippen molar-refractivity contribution in [2.75, 3.05) is 19.7 Å². The summed E-state index contributed by atoms with van der Waals surface area (Å²) in [5.74, 6) is 5.50. The summed E-state index contributed by atoms with van der Waals surface area (Å²) in [6.45, 7) is 4.82. The number of hydrogen-bond acceptors (Lipinski definition) is 3. The molecule has 1 fully saturated rings. The van der Waals surface area contributed by atoms with E-state index in [0.29, 0.717) is 25.1 Å². The van der Waals surface area contributed by atoms with E-state index in [2.05, 4.69) is 11.8 Å². The highest BCUT2D eigenvalue weighted by atomic mass is 16.3. The third-order valence-corrected chi connectivity index (χ3v) is 3.93. The van der Waals surface area contributed by atoms with Crippen LogP contribution in [0.3, 0.4) is 0 Å². The Labute approximate surface area is 125 Å². The van der Waals surface area contributed by atoms with E-state index in [-0.39, 0.29) is 24.5 Å². The van der Waals surface area contributed by atoms with E-state index in [1.165, 1.54) is 0 Å². The Bertz CT molecular complexity index is 585. The van der Waals surface area contributed by atoms with Gasteiger partial charge in [-0.2, -0.15) is 0 Å². The van der Waals surface area contributed by atoms with Gasteiger partial charge in [-0.25, -0.2) is 0 Å². The zero-order chi connectivity index (χ0) is 15.4. The van der Waals surface area contributed by atoms with Gasteiger partial charge in [-0.05, 0) is 37.0 Å². The van der Waals surface area contributed by atoms with Crippen LogP contribution in [0.5, 0.6) is 0 Å². The van der Waals surface area contributed by atoms with Crippen LogP contribution in [-0.4, -0.2) is 46.8 Å². The summed E-state index contributed by atoms with van der Waals surface area (Å²) in [4.78, 5) is 14.4. The molecule has 112 valence electrons. The molecule has 1 aliphatic rings. The SMILES string of the molecule is Cc1ccc(C#CCO)cc1C(=O)N1CCC(O)C(C)C1. The van der Waals surface area contributed by atoms with Gasteiger partial charge in [0.25, 0.3) is 5.91 Å². The molecular weight excluding hydrogens is 266 g/mol. The summed E-state index contributed by atoms with van der Waals surface area (Å²) in [5, 5.41) is 18.5. The van der Waals surface area contributed by atoms with Crippen molar-refractivity contribution in [2.24, 2.45) is 5.92 Å². The van der Waals surface area contributed by atoms with Gasteiger partial charge in [0.2, 0.25) is 0 Å². The average Bonchev–Trinajstić information content (AvgIpc) is 2.48. The largest absolute Gasteiger partial charge is 0.393 e. The van der Waals surface area contributed by atoms with Gasteiger partial charge in [0.15, 0.2) is 0 Å². The standard InChI is InChI=1S/C17H21NO3/c1-12-5-6-14(4-3-9-19)10-15(12)17(21)18-8-7-16(20)13(2)11-18/h5-6,10,13,16,19-20H,7-9,11H2,1-2H3. The van der Waals surface area contributed by atoms with Gasteiger partial charge >= 0.3 is 0 Å². The Morgan fingerprint density at radius 2 is 2.24 bits per heavy atom. The molecule has 2 N–H and O–H groups in total. The fourth-order valence-corrected chi connectivity index (χ4v) is 2.56. The molecule has 1 aliphatic heterocycles. The van der Waals surface area contributed by atoms with Crippen LogP contribution in [0.25, 0.3) is 0 Å². The summed E-state index contributed by atoms with van der Waals surface area (Å²) in [7, 11) is 0. The zero-order valence-electron chi connectivity index (χ0n) is 12.5. The first kappa shape index (κ1) is 15.6. The molecule has 1 aromatic carbocycles. The topological polar surface area (TPSA) is 60.8 Å². The van der Waals surface area contributed by atoms with Gasteiger partial charge in [0.1, 0.15) is 6.61 Å². The lowest BCUT2D eigenvalue weighted by atomic mass is 9.95. The number of aliphatic hydroxyl groups is 2. The van der Waals surface area contributed by atoms with Crippen molar-refractivity contribution < 1.29 is 15.0 Å². The molecule has 1 amide bonds. The summed E-state index contributed by atoms with van der Waals surface area (Å²) < 4.78 is 0. The Hall–Kier alpha value is -1.83. The number of carbonyl (C=O) groups excluding carboxylic acids is 1. The van der Waals surface area contributed by atoms with Gasteiger partial charge in [-0.1, -0.05) is 24.8 Å². The van der Waals surface area contributed by atoms with Gasteiger partial charge in [0.05, 0.1) is 6.10 Å². The molecule has 0 spiro atoms. The van der Waals surface area contributed by atoms with Crippen molar-refractivity contribution in [1.82, 2.24) is 4.90 Å². The first-order chi connectivity index (χ1) is 10.0. The predicted octanol–water partition coefficient (Wildman–Crippen LogP) is 1.18. The summed E-state index contributed by atoms with van der Waals surface area (Å²) in [6.07, 6.45) is 0.299. The molecule has 0 bridgehead atoms. The fourth-order valence-electron chi connectivity index (χ4n) is 2.56. The number of rotatable bonds is 1. The molecule has 2 rings (SSSR count). The Morgan fingerprint density at radius 3 is 2.90 bits per heavy atom. The number of amides is 1. The normalized spacial score (nSPS) is 21.6. The number of aryl methyl sites for hydroxylation is 1. The summed E-state index contributed by atoms with van der Waals surface area (Å²) in [6, 6.07) is 5.49. The Balaban J connectivity index is 2.22. The first-order valence-electron chi connectivity index (χ1n) is 7.20. The Kier molecular flexibility index (Phi) is 5.00. The van der Waals surface area contributed by atoms with Gasteiger partial charge in [-0.3, -0.25) is 4.79 Å². The maximum Gasteiger partial charge on any atom is 0.254 e. The van der Waals surface area contributed by atoms with E-state index >= 15 is 0 Å². The molecular formula is C17H21NO3. The van der Waals surface area contributed by atoms with Crippen LogP contribution in [0, 0.1) is 24.7 Å². The first-order valence-corrected chi connectivity index (χ1v) is 7.20. The van der Waals surface area contributed by atoms with E-state index in [1.54, 1.807) is 11.0 Å². The molecule has 1 saturated heterocycles. The lowest BCUT2D eigenvalue weighted by Crippen LogP contribution is -2.45. The molecule has 4 heteroatoms. The number of likely N-dealkylation sites (tertiary alicyclic amines) is 1. The monoisotopic (exact) mass is 287 g/mol. The van der Waals surface area contributed by atoms with Gasteiger partial charge in [-0.15, -0.1) is 0 Å². The van der Waals surface area contributed by atoms with Crippen molar-refractivity contribution in [2.45, 2.75) is 26.4 Å². The molecule has 4 nitrogen and oxygen atoms in total. The quantitative estimate of drug-likeness (QED) is 0.763. The smallest absolute Gasteiger partial charge is 0.254 e. The third-order valence-electron chi connectivity index (χ3n) is 3.93. The highest BCUT2D eigenvalue weighted by Crippen LogP contribution is 2.20. The molecule has 2 atom stereocenters. The molecule has 0 radical (unpaired) electrons. The van der Waals surface area contributed by atoms with Crippen molar-refractivity contribution in [3.05, 3.63) is 34.9 Å². The van der Waals surface area contributed by atoms with E-state index in [1.807, 2.05) is 26.0 Å². The zero-order valence-corrected chi connectivity index (χ0v) is 12.5. The van der Waals surface area contributed by atoms with Crippen LogP contribution >= 0.6 is 0 Å². The maximum absolute atomic E-state index is 12.6. The molecule has 0 aliphatic carbocycles. The van der Waals surface area contributed by atoms with Crippen LogP contribution in [-0.2, 0) is 0 Å². The van der Waals surface area contributed by atoms with E-state index in [0.717, 1.165) is 11.1 Å². The minimum atomic E-state index is -0.322. The van der Waals surface area contributed by atoms with Crippen molar-refractivity contribution in [3.8, 4) is 11.8 Å². The molecule has 1 aromatic rings. The number of benzene rings is 1. The third kappa shape index (κ3) is 3.63. The lowest BCUT2D eigenvalue weighted by molar-refractivity contribution is 0.0297. The number of nitrogens with zero attached hydrogens (tertiary/aromatic N) is 1. The van der Waals surface area contributed by atoms with Crippen molar-refractivity contribution in [3.63, 3.8) is 0 Å². The van der Waals surface area contributed by atoms with Gasteiger partial charge in [0, 0.05) is 24.2 Å². The lowest BCUT2D eigenvalue weighted by Gasteiger charge is -2.34. The van der Waals surface area contributed by atoms with E-state index in [9.17, 15) is 9.90 Å². The molecule has 21 heavy (non-hydrogen) atoms. The second-order valence-corrected chi connectivity index (χ2v) is 5.57. The maximum atomic E-state index is 12.6. The van der Waals surface area contributed by atoms with Crippen LogP contribution in [0.15, 0.2) is 18.2 Å². The molecule has 1 heterocycles. The second kappa shape index (κ2) is 6.75. The number of hydrogen-bond donors (Lipinski definition) is 2.